The van der Waals surface area contributed by atoms with E-state index in [-0.39, 0.29) is 11.7 Å². The number of halogens is 3. The Hall–Kier alpha value is -0.390. The number of hydrogen-bond donors (Lipinski definition) is 0. The summed E-state index contributed by atoms with van der Waals surface area (Å²) in [6.45, 7) is 4.33. The second-order valence-electron chi connectivity index (χ2n) is 4.39. The van der Waals surface area contributed by atoms with Crippen LogP contribution in [0.2, 0.25) is 0 Å². The molecule has 6 heteroatoms. The van der Waals surface area contributed by atoms with Crippen molar-refractivity contribution >= 4 is 17.7 Å². The van der Waals surface area contributed by atoms with Crippen molar-refractivity contribution in [2.24, 2.45) is 0 Å². The summed E-state index contributed by atoms with van der Waals surface area (Å²) in [5, 5.41) is -0.459. The Balaban J connectivity index is 4.09. The van der Waals surface area contributed by atoms with Crippen LogP contribution in [-0.4, -0.2) is 29.8 Å². The average Bonchev–Trinajstić information content (AvgIpc) is 2.32. The van der Waals surface area contributed by atoms with Crippen LogP contribution in [0, 0.1) is 0 Å². The molecular formula is C13H23F3O2S. The predicted molar refractivity (Wildman–Crippen MR) is 72.3 cm³/mol. The molecule has 0 aromatic heterocycles. The van der Waals surface area contributed by atoms with E-state index in [4.69, 9.17) is 4.74 Å². The first-order valence-electron chi connectivity index (χ1n) is 6.75. The first kappa shape index (κ1) is 18.6. The number of thioether (sulfide) groups is 1. The fraction of sp³-hybridized carbons (Fsp3) is 0.923. The molecule has 2 nitrogen and oxygen atoms in total. The van der Waals surface area contributed by atoms with Crippen LogP contribution in [0.15, 0.2) is 0 Å². The summed E-state index contributed by atoms with van der Waals surface area (Å²) in [5.74, 6) is -0.449. The van der Waals surface area contributed by atoms with Crippen LogP contribution < -0.4 is 0 Å². The third-order valence-electron chi connectivity index (χ3n) is 2.53. The van der Waals surface area contributed by atoms with E-state index in [0.717, 1.165) is 37.4 Å². The number of alkyl halides is 3. The highest BCUT2D eigenvalue weighted by Crippen LogP contribution is 2.26. The lowest BCUT2D eigenvalue weighted by molar-refractivity contribution is -0.143. The van der Waals surface area contributed by atoms with Crippen LogP contribution in [0.4, 0.5) is 13.2 Å². The van der Waals surface area contributed by atoms with Gasteiger partial charge in [0.05, 0.1) is 13.0 Å². The Morgan fingerprint density at radius 1 is 1.21 bits per heavy atom. The molecule has 0 aliphatic carbocycles. The fourth-order valence-electron chi connectivity index (χ4n) is 1.39. The van der Waals surface area contributed by atoms with Gasteiger partial charge < -0.3 is 4.74 Å². The van der Waals surface area contributed by atoms with E-state index in [0.29, 0.717) is 13.0 Å². The Kier molecular flexibility index (Phi) is 10.2. The standard InChI is InChI=1S/C13H23F3O2S/c1-3-5-7-11(12(17)18-9-6-4-2)19-10-8-13(14,15)16/h11H,3-10H2,1-2H3. The van der Waals surface area contributed by atoms with Crippen LogP contribution >= 0.6 is 11.8 Å². The maximum atomic E-state index is 12.1. The van der Waals surface area contributed by atoms with Crippen molar-refractivity contribution in [2.75, 3.05) is 12.4 Å². The minimum atomic E-state index is -4.16. The topological polar surface area (TPSA) is 26.3 Å². The lowest BCUT2D eigenvalue weighted by atomic mass is 10.2. The summed E-state index contributed by atoms with van der Waals surface area (Å²) in [6, 6.07) is 0. The summed E-state index contributed by atoms with van der Waals surface area (Å²) >= 11 is 1.06. The number of hydrogen-bond acceptors (Lipinski definition) is 3. The van der Waals surface area contributed by atoms with Crippen molar-refractivity contribution in [2.45, 2.75) is 63.8 Å². The van der Waals surface area contributed by atoms with Gasteiger partial charge in [-0.15, -0.1) is 11.8 Å². The van der Waals surface area contributed by atoms with Crippen molar-refractivity contribution in [1.29, 1.82) is 0 Å². The van der Waals surface area contributed by atoms with Gasteiger partial charge in [-0.3, -0.25) is 4.79 Å². The highest BCUT2D eigenvalue weighted by Gasteiger charge is 2.28. The Bertz CT molecular complexity index is 245. The maximum absolute atomic E-state index is 12.1. The molecule has 0 radical (unpaired) electrons. The second-order valence-corrected chi connectivity index (χ2v) is 5.70. The molecular weight excluding hydrogens is 277 g/mol. The molecule has 0 heterocycles. The van der Waals surface area contributed by atoms with Crippen LogP contribution in [0.5, 0.6) is 0 Å². The van der Waals surface area contributed by atoms with E-state index in [1.807, 2.05) is 13.8 Å². The molecule has 0 fully saturated rings. The van der Waals surface area contributed by atoms with Gasteiger partial charge in [-0.2, -0.15) is 13.2 Å². The van der Waals surface area contributed by atoms with Crippen molar-refractivity contribution in [1.82, 2.24) is 0 Å². The summed E-state index contributed by atoms with van der Waals surface area (Å²) in [7, 11) is 0. The summed E-state index contributed by atoms with van der Waals surface area (Å²) < 4.78 is 41.3. The second kappa shape index (κ2) is 10.4. The van der Waals surface area contributed by atoms with Gasteiger partial charge in [0.2, 0.25) is 0 Å². The van der Waals surface area contributed by atoms with Crippen LogP contribution in [0.1, 0.15) is 52.4 Å². The molecule has 0 saturated carbocycles. The lowest BCUT2D eigenvalue weighted by Gasteiger charge is -2.16. The number of esters is 1. The molecule has 0 amide bonds. The van der Waals surface area contributed by atoms with Crippen molar-refractivity contribution < 1.29 is 22.7 Å². The summed E-state index contributed by atoms with van der Waals surface area (Å²) in [5.41, 5.74) is 0. The zero-order valence-corrected chi connectivity index (χ0v) is 12.4. The molecule has 0 N–H and O–H groups in total. The smallest absolute Gasteiger partial charge is 0.389 e. The van der Waals surface area contributed by atoms with Gasteiger partial charge in [-0.25, -0.2) is 0 Å². The van der Waals surface area contributed by atoms with E-state index in [2.05, 4.69) is 0 Å². The average molecular weight is 300 g/mol. The molecule has 0 aliphatic rings. The monoisotopic (exact) mass is 300 g/mol. The molecule has 0 spiro atoms. The third kappa shape index (κ3) is 11.2. The van der Waals surface area contributed by atoms with Gasteiger partial charge in [-0.1, -0.05) is 33.1 Å². The molecule has 19 heavy (non-hydrogen) atoms. The van der Waals surface area contributed by atoms with E-state index in [9.17, 15) is 18.0 Å². The molecule has 0 rings (SSSR count). The molecule has 114 valence electrons. The number of carbonyl (C=O) groups excluding carboxylic acids is 1. The highest BCUT2D eigenvalue weighted by molar-refractivity contribution is 8.00. The van der Waals surface area contributed by atoms with E-state index in [1.165, 1.54) is 0 Å². The van der Waals surface area contributed by atoms with Crippen LogP contribution in [-0.2, 0) is 9.53 Å². The Labute approximate surface area is 117 Å². The lowest BCUT2D eigenvalue weighted by Crippen LogP contribution is -2.22. The van der Waals surface area contributed by atoms with Gasteiger partial charge >= 0.3 is 12.1 Å². The van der Waals surface area contributed by atoms with Crippen molar-refractivity contribution in [3.63, 3.8) is 0 Å². The van der Waals surface area contributed by atoms with E-state index < -0.39 is 17.8 Å². The highest BCUT2D eigenvalue weighted by atomic mass is 32.2. The molecule has 0 aromatic carbocycles. The normalized spacial score (nSPS) is 13.3. The number of rotatable bonds is 10. The minimum absolute atomic E-state index is 0.0826. The van der Waals surface area contributed by atoms with Gasteiger partial charge in [0.25, 0.3) is 0 Å². The molecule has 0 aliphatic heterocycles. The third-order valence-corrected chi connectivity index (χ3v) is 3.80. The van der Waals surface area contributed by atoms with Gasteiger partial charge in [0.15, 0.2) is 0 Å². The van der Waals surface area contributed by atoms with Crippen LogP contribution in [0.3, 0.4) is 0 Å². The largest absolute Gasteiger partial charge is 0.465 e. The molecule has 0 aromatic rings. The zero-order valence-electron chi connectivity index (χ0n) is 11.6. The van der Waals surface area contributed by atoms with Crippen molar-refractivity contribution in [3.05, 3.63) is 0 Å². The van der Waals surface area contributed by atoms with Crippen LogP contribution in [0.25, 0.3) is 0 Å². The van der Waals surface area contributed by atoms with E-state index >= 15 is 0 Å². The van der Waals surface area contributed by atoms with Gasteiger partial charge in [0, 0.05) is 5.75 Å². The fourth-order valence-corrected chi connectivity index (χ4v) is 2.56. The maximum Gasteiger partial charge on any atom is 0.389 e. The number of ether oxygens (including phenoxy) is 1. The summed E-state index contributed by atoms with van der Waals surface area (Å²) in [6.07, 6.45) is -0.973. The number of unbranched alkanes of at least 4 members (excludes halogenated alkanes) is 2. The van der Waals surface area contributed by atoms with Gasteiger partial charge in [-0.05, 0) is 12.8 Å². The first-order chi connectivity index (χ1) is 8.90. The molecule has 1 unspecified atom stereocenters. The van der Waals surface area contributed by atoms with Crippen molar-refractivity contribution in [3.8, 4) is 0 Å². The SMILES string of the molecule is CCCCOC(=O)C(CCCC)SCCC(F)(F)F. The Morgan fingerprint density at radius 3 is 2.37 bits per heavy atom. The quantitative estimate of drug-likeness (QED) is 0.436. The first-order valence-corrected chi connectivity index (χ1v) is 7.80. The molecule has 0 bridgehead atoms. The minimum Gasteiger partial charge on any atom is -0.465 e. The molecule has 0 saturated heterocycles. The molecule has 1 atom stereocenters. The Morgan fingerprint density at radius 2 is 1.84 bits per heavy atom. The van der Waals surface area contributed by atoms with Gasteiger partial charge in [0.1, 0.15) is 5.25 Å². The zero-order chi connectivity index (χ0) is 14.7. The summed E-state index contributed by atoms with van der Waals surface area (Å²) in [4.78, 5) is 11.8. The van der Waals surface area contributed by atoms with E-state index in [1.54, 1.807) is 0 Å². The predicted octanol–water partition coefficient (Wildman–Crippen LogP) is 4.57. The number of carbonyl (C=O) groups is 1.